The van der Waals surface area contributed by atoms with Crippen molar-refractivity contribution in [1.29, 1.82) is 0 Å². The summed E-state index contributed by atoms with van der Waals surface area (Å²) in [6, 6.07) is 1.99. The van der Waals surface area contributed by atoms with Gasteiger partial charge in [0.15, 0.2) is 0 Å². The molecule has 0 aliphatic carbocycles. The van der Waals surface area contributed by atoms with Crippen LogP contribution in [0.25, 0.3) is 0 Å². The van der Waals surface area contributed by atoms with E-state index in [4.69, 9.17) is 9.15 Å². The Kier molecular flexibility index (Phi) is 1.55. The number of hydrogen-bond acceptors (Lipinski definition) is 2. The van der Waals surface area contributed by atoms with Crippen molar-refractivity contribution in [3.05, 3.63) is 23.7 Å². The number of furan rings is 1. The van der Waals surface area contributed by atoms with Crippen LogP contribution in [0.4, 0.5) is 0 Å². The molecule has 0 aromatic carbocycles. The van der Waals surface area contributed by atoms with Gasteiger partial charge in [0.1, 0.15) is 5.76 Å². The molecule has 1 aliphatic rings. The van der Waals surface area contributed by atoms with Crippen LogP contribution in [0.5, 0.6) is 0 Å². The van der Waals surface area contributed by atoms with Crippen LogP contribution < -0.4 is 0 Å². The van der Waals surface area contributed by atoms with Crippen molar-refractivity contribution < 1.29 is 9.15 Å². The summed E-state index contributed by atoms with van der Waals surface area (Å²) in [6.07, 6.45) is 2.99. The third kappa shape index (κ3) is 1.27. The molecule has 12 heavy (non-hydrogen) atoms. The average molecular weight is 166 g/mol. The summed E-state index contributed by atoms with van der Waals surface area (Å²) < 4.78 is 10.8. The first-order chi connectivity index (χ1) is 5.59. The van der Waals surface area contributed by atoms with Gasteiger partial charge in [0.05, 0.1) is 18.0 Å². The van der Waals surface area contributed by atoms with E-state index in [1.807, 2.05) is 6.07 Å². The number of aryl methyl sites for hydroxylation is 1. The lowest BCUT2D eigenvalue weighted by Crippen LogP contribution is -2.05. The van der Waals surface area contributed by atoms with Crippen LogP contribution in [0, 0.1) is 6.92 Å². The van der Waals surface area contributed by atoms with E-state index in [9.17, 15) is 0 Å². The Morgan fingerprint density at radius 1 is 1.50 bits per heavy atom. The third-order valence-electron chi connectivity index (χ3n) is 2.50. The van der Waals surface area contributed by atoms with E-state index < -0.39 is 0 Å². The van der Waals surface area contributed by atoms with Crippen LogP contribution in [0.2, 0.25) is 0 Å². The normalized spacial score (nSPS) is 25.8. The van der Waals surface area contributed by atoms with Crippen molar-refractivity contribution >= 4 is 0 Å². The summed E-state index contributed by atoms with van der Waals surface area (Å²) in [7, 11) is 0. The zero-order valence-electron chi connectivity index (χ0n) is 7.76. The molecule has 0 radical (unpaired) electrons. The summed E-state index contributed by atoms with van der Waals surface area (Å²) in [6.45, 7) is 6.28. The molecule has 1 saturated heterocycles. The fourth-order valence-corrected chi connectivity index (χ4v) is 1.40. The lowest BCUT2D eigenvalue weighted by atomic mass is 10.1. The molecule has 0 amide bonds. The van der Waals surface area contributed by atoms with Gasteiger partial charge in [-0.15, -0.1) is 0 Å². The van der Waals surface area contributed by atoms with E-state index in [0.717, 1.165) is 12.2 Å². The smallest absolute Gasteiger partial charge is 0.109 e. The van der Waals surface area contributed by atoms with E-state index in [-0.39, 0.29) is 5.60 Å². The van der Waals surface area contributed by atoms with Gasteiger partial charge in [-0.2, -0.15) is 0 Å². The quantitative estimate of drug-likeness (QED) is 0.630. The molecule has 2 rings (SSSR count). The molecule has 0 bridgehead atoms. The van der Waals surface area contributed by atoms with Crippen LogP contribution in [0.15, 0.2) is 16.7 Å². The Morgan fingerprint density at radius 2 is 2.17 bits per heavy atom. The third-order valence-corrected chi connectivity index (χ3v) is 2.50. The average Bonchev–Trinajstić information content (AvgIpc) is 2.39. The van der Waals surface area contributed by atoms with Crippen LogP contribution in [-0.2, 0) is 11.2 Å². The molecule has 2 nitrogen and oxygen atoms in total. The first-order valence-corrected chi connectivity index (χ1v) is 4.30. The Hall–Kier alpha value is -0.760. The highest BCUT2D eigenvalue weighted by Crippen LogP contribution is 2.37. The number of rotatable bonds is 2. The minimum absolute atomic E-state index is 0.0687. The maximum Gasteiger partial charge on any atom is 0.109 e. The fourth-order valence-electron chi connectivity index (χ4n) is 1.40. The minimum atomic E-state index is 0.0687. The highest BCUT2D eigenvalue weighted by atomic mass is 16.6. The Morgan fingerprint density at radius 3 is 2.58 bits per heavy atom. The number of hydrogen-bond donors (Lipinski definition) is 0. The van der Waals surface area contributed by atoms with Crippen LogP contribution in [0.1, 0.15) is 25.2 Å². The zero-order chi connectivity index (χ0) is 8.77. The maximum absolute atomic E-state index is 5.47. The van der Waals surface area contributed by atoms with E-state index in [2.05, 4.69) is 20.8 Å². The summed E-state index contributed by atoms with van der Waals surface area (Å²) in [5.74, 6) is 1.06. The molecule has 1 aromatic heterocycles. The first-order valence-electron chi connectivity index (χ1n) is 4.30. The van der Waals surface area contributed by atoms with E-state index in [0.29, 0.717) is 6.10 Å². The lowest BCUT2D eigenvalue weighted by Gasteiger charge is -1.95. The topological polar surface area (TPSA) is 25.7 Å². The fraction of sp³-hybridized carbons (Fsp3) is 0.600. The molecule has 1 atom stereocenters. The highest BCUT2D eigenvalue weighted by Gasteiger charge is 2.48. The Balaban J connectivity index is 2.02. The molecular formula is C10H14O2. The molecule has 0 N–H and O–H groups in total. The zero-order valence-corrected chi connectivity index (χ0v) is 7.76. The summed E-state index contributed by atoms with van der Waals surface area (Å²) in [4.78, 5) is 0. The van der Waals surface area contributed by atoms with Gasteiger partial charge in [0, 0.05) is 6.42 Å². The van der Waals surface area contributed by atoms with Crippen molar-refractivity contribution in [2.24, 2.45) is 0 Å². The lowest BCUT2D eigenvalue weighted by molar-refractivity contribution is 0.319. The van der Waals surface area contributed by atoms with Gasteiger partial charge in [-0.25, -0.2) is 0 Å². The Bertz CT molecular complexity index is 286. The highest BCUT2D eigenvalue weighted by molar-refractivity contribution is 5.17. The van der Waals surface area contributed by atoms with Crippen LogP contribution in [0.3, 0.4) is 0 Å². The van der Waals surface area contributed by atoms with Gasteiger partial charge in [0.2, 0.25) is 0 Å². The van der Waals surface area contributed by atoms with Gasteiger partial charge in [-0.1, -0.05) is 0 Å². The predicted octanol–water partition coefficient (Wildman–Crippen LogP) is 2.31. The second-order valence-corrected chi connectivity index (χ2v) is 3.94. The van der Waals surface area contributed by atoms with Gasteiger partial charge in [-0.3, -0.25) is 0 Å². The largest absolute Gasteiger partial charge is 0.469 e. The number of ether oxygens (including phenoxy) is 1. The molecule has 66 valence electrons. The van der Waals surface area contributed by atoms with E-state index in [1.54, 1.807) is 6.26 Å². The van der Waals surface area contributed by atoms with Crippen LogP contribution >= 0.6 is 0 Å². The molecule has 1 aromatic rings. The molecule has 0 saturated carbocycles. The van der Waals surface area contributed by atoms with Crippen molar-refractivity contribution in [3.8, 4) is 0 Å². The summed E-state index contributed by atoms with van der Waals surface area (Å²) >= 11 is 0. The monoisotopic (exact) mass is 166 g/mol. The van der Waals surface area contributed by atoms with Crippen molar-refractivity contribution in [1.82, 2.24) is 0 Å². The first kappa shape index (κ1) is 7.87. The Labute approximate surface area is 72.5 Å². The van der Waals surface area contributed by atoms with Gasteiger partial charge < -0.3 is 9.15 Å². The molecule has 1 unspecified atom stereocenters. The minimum Gasteiger partial charge on any atom is -0.469 e. The van der Waals surface area contributed by atoms with Crippen molar-refractivity contribution in [3.63, 3.8) is 0 Å². The second-order valence-electron chi connectivity index (χ2n) is 3.94. The second kappa shape index (κ2) is 2.36. The molecule has 2 heterocycles. The van der Waals surface area contributed by atoms with Gasteiger partial charge in [-0.05, 0) is 32.4 Å². The predicted molar refractivity (Wildman–Crippen MR) is 46.1 cm³/mol. The van der Waals surface area contributed by atoms with Crippen molar-refractivity contribution in [2.45, 2.75) is 38.9 Å². The molecule has 1 fully saturated rings. The van der Waals surface area contributed by atoms with E-state index >= 15 is 0 Å². The van der Waals surface area contributed by atoms with Crippen LogP contribution in [-0.4, -0.2) is 11.7 Å². The van der Waals surface area contributed by atoms with E-state index in [1.165, 1.54) is 5.56 Å². The molecular weight excluding hydrogens is 152 g/mol. The maximum atomic E-state index is 5.47. The molecule has 2 heteroatoms. The SMILES string of the molecule is Cc1ccoc1CC1OC1(C)C. The van der Waals surface area contributed by atoms with Gasteiger partial charge in [0.25, 0.3) is 0 Å². The standard InChI is InChI=1S/C10H14O2/c1-7-4-5-11-8(7)6-9-10(2,3)12-9/h4-5,9H,6H2,1-3H3. The molecule has 0 spiro atoms. The van der Waals surface area contributed by atoms with Crippen molar-refractivity contribution in [2.75, 3.05) is 0 Å². The number of epoxide rings is 1. The molecule has 1 aliphatic heterocycles. The van der Waals surface area contributed by atoms with Gasteiger partial charge >= 0.3 is 0 Å². The summed E-state index contributed by atoms with van der Waals surface area (Å²) in [5.41, 5.74) is 1.29. The summed E-state index contributed by atoms with van der Waals surface area (Å²) in [5, 5.41) is 0.